The number of ether oxygens (including phenoxy) is 3. The molecule has 27 heavy (non-hydrogen) atoms. The number of amides is 1. The third-order valence-electron chi connectivity index (χ3n) is 3.65. The van der Waals surface area contributed by atoms with Gasteiger partial charge in [-0.1, -0.05) is 18.2 Å². The summed E-state index contributed by atoms with van der Waals surface area (Å²) in [6.07, 6.45) is -4.81. The van der Waals surface area contributed by atoms with E-state index in [2.05, 4.69) is 20.7 Å². The second-order valence-corrected chi connectivity index (χ2v) is 6.30. The summed E-state index contributed by atoms with van der Waals surface area (Å²) in [6, 6.07) is 8.70. The number of methoxy groups -OCH3 is 2. The van der Waals surface area contributed by atoms with Gasteiger partial charge in [0.05, 0.1) is 14.2 Å². The van der Waals surface area contributed by atoms with Crippen molar-refractivity contribution in [1.29, 1.82) is 0 Å². The Morgan fingerprint density at radius 3 is 2.15 bits per heavy atom. The Bertz CT molecular complexity index is 801. The maximum atomic E-state index is 12.7. The van der Waals surface area contributed by atoms with Gasteiger partial charge in [0.15, 0.2) is 0 Å². The first kappa shape index (κ1) is 20.9. The molecule has 2 aromatic carbocycles. The lowest BCUT2D eigenvalue weighted by Crippen LogP contribution is -2.27. The van der Waals surface area contributed by atoms with Crippen molar-refractivity contribution in [2.75, 3.05) is 21.3 Å². The molecule has 0 unspecified atom stereocenters. The van der Waals surface area contributed by atoms with E-state index in [1.54, 1.807) is 6.07 Å². The highest BCUT2D eigenvalue weighted by atomic mass is 79.9. The molecule has 0 N–H and O–H groups in total. The summed E-state index contributed by atoms with van der Waals surface area (Å²) in [5.74, 6) is 0.0235. The van der Waals surface area contributed by atoms with Crippen LogP contribution in [-0.2, 0) is 6.54 Å². The molecule has 0 atom stereocenters. The highest BCUT2D eigenvalue weighted by Crippen LogP contribution is 2.36. The molecule has 0 fully saturated rings. The number of benzene rings is 2. The number of nitrogens with zero attached hydrogens (tertiary/aromatic N) is 1. The monoisotopic (exact) mass is 447 g/mol. The number of carbonyl (C=O) groups excluding carboxylic acids is 1. The SMILES string of the molecule is COc1cc(C(=O)N(C)Cc2ccccc2OC(F)(F)F)cc(OC)c1Br. The van der Waals surface area contributed by atoms with Crippen LogP contribution in [0.2, 0.25) is 0 Å². The zero-order valence-electron chi connectivity index (χ0n) is 14.8. The van der Waals surface area contributed by atoms with E-state index in [0.29, 0.717) is 16.0 Å². The van der Waals surface area contributed by atoms with E-state index in [1.807, 2.05) is 0 Å². The molecule has 0 aliphatic rings. The molecule has 0 bridgehead atoms. The van der Waals surface area contributed by atoms with Crippen molar-refractivity contribution in [3.8, 4) is 17.2 Å². The summed E-state index contributed by atoms with van der Waals surface area (Å²) in [6.45, 7) is -0.0776. The highest BCUT2D eigenvalue weighted by Gasteiger charge is 2.32. The Kier molecular flexibility index (Phi) is 6.59. The van der Waals surface area contributed by atoms with Gasteiger partial charge in [0.1, 0.15) is 21.7 Å². The van der Waals surface area contributed by atoms with Crippen molar-refractivity contribution >= 4 is 21.8 Å². The van der Waals surface area contributed by atoms with Gasteiger partial charge in [-0.25, -0.2) is 0 Å². The summed E-state index contributed by atoms with van der Waals surface area (Å²) >= 11 is 3.32. The van der Waals surface area contributed by atoms with Crippen LogP contribution in [0.1, 0.15) is 15.9 Å². The minimum Gasteiger partial charge on any atom is -0.495 e. The molecule has 2 rings (SSSR count). The second-order valence-electron chi connectivity index (χ2n) is 5.51. The molecule has 0 saturated heterocycles. The van der Waals surface area contributed by atoms with Crippen molar-refractivity contribution in [3.05, 3.63) is 52.0 Å². The van der Waals surface area contributed by atoms with Crippen LogP contribution >= 0.6 is 15.9 Å². The largest absolute Gasteiger partial charge is 0.573 e. The van der Waals surface area contributed by atoms with Crippen LogP contribution in [0.5, 0.6) is 17.2 Å². The molecule has 0 saturated carbocycles. The van der Waals surface area contributed by atoms with Gasteiger partial charge in [0.2, 0.25) is 0 Å². The van der Waals surface area contributed by atoms with E-state index in [1.165, 1.54) is 56.5 Å². The zero-order chi connectivity index (χ0) is 20.2. The van der Waals surface area contributed by atoms with E-state index in [9.17, 15) is 18.0 Å². The molecule has 5 nitrogen and oxygen atoms in total. The van der Waals surface area contributed by atoms with Gasteiger partial charge in [0, 0.05) is 24.7 Å². The third kappa shape index (κ3) is 5.29. The van der Waals surface area contributed by atoms with Crippen LogP contribution < -0.4 is 14.2 Å². The molecule has 1 amide bonds. The Balaban J connectivity index is 2.27. The smallest absolute Gasteiger partial charge is 0.495 e. The molecule has 0 aliphatic heterocycles. The standard InChI is InChI=1S/C18H17BrF3NO4/c1-23(10-11-6-4-5-7-13(11)27-18(20,21)22)17(24)12-8-14(25-2)16(19)15(9-12)26-3/h4-9H,10H2,1-3H3. The zero-order valence-corrected chi connectivity index (χ0v) is 16.3. The van der Waals surface area contributed by atoms with Crippen LogP contribution in [0.4, 0.5) is 13.2 Å². The van der Waals surface area contributed by atoms with Crippen molar-refractivity contribution < 1.29 is 32.2 Å². The first-order valence-electron chi connectivity index (χ1n) is 7.67. The molecule has 146 valence electrons. The fraction of sp³-hybridized carbons (Fsp3) is 0.278. The molecular weight excluding hydrogens is 431 g/mol. The average Bonchev–Trinajstić information content (AvgIpc) is 2.61. The molecule has 0 radical (unpaired) electrons. The van der Waals surface area contributed by atoms with Crippen molar-refractivity contribution in [2.45, 2.75) is 12.9 Å². The second kappa shape index (κ2) is 8.51. The average molecular weight is 448 g/mol. The Morgan fingerprint density at radius 2 is 1.63 bits per heavy atom. The Hall–Kier alpha value is -2.42. The van der Waals surface area contributed by atoms with Gasteiger partial charge >= 0.3 is 6.36 Å². The fourth-order valence-corrected chi connectivity index (χ4v) is 2.95. The lowest BCUT2D eigenvalue weighted by Gasteiger charge is -2.21. The number of carbonyl (C=O) groups is 1. The fourth-order valence-electron chi connectivity index (χ4n) is 2.40. The number of alkyl halides is 3. The van der Waals surface area contributed by atoms with Crippen molar-refractivity contribution in [3.63, 3.8) is 0 Å². The van der Waals surface area contributed by atoms with Crippen molar-refractivity contribution in [2.24, 2.45) is 0 Å². The van der Waals surface area contributed by atoms with Gasteiger partial charge in [-0.3, -0.25) is 4.79 Å². The van der Waals surface area contributed by atoms with E-state index >= 15 is 0 Å². The maximum absolute atomic E-state index is 12.7. The molecule has 0 spiro atoms. The van der Waals surface area contributed by atoms with Gasteiger partial charge in [0.25, 0.3) is 5.91 Å². The predicted octanol–water partition coefficient (Wildman–Crippen LogP) is 4.64. The predicted molar refractivity (Wildman–Crippen MR) is 96.2 cm³/mol. The normalized spacial score (nSPS) is 11.1. The summed E-state index contributed by atoms with van der Waals surface area (Å²) < 4.78 is 52.6. The molecule has 0 heterocycles. The number of rotatable bonds is 6. The highest BCUT2D eigenvalue weighted by molar-refractivity contribution is 9.10. The molecule has 9 heteroatoms. The van der Waals surface area contributed by atoms with E-state index in [4.69, 9.17) is 9.47 Å². The lowest BCUT2D eigenvalue weighted by atomic mass is 10.1. The summed E-state index contributed by atoms with van der Waals surface area (Å²) in [5, 5.41) is 0. The Morgan fingerprint density at radius 1 is 1.07 bits per heavy atom. The van der Waals surface area contributed by atoms with Crippen LogP contribution in [-0.4, -0.2) is 38.4 Å². The number of para-hydroxylation sites is 1. The number of hydrogen-bond acceptors (Lipinski definition) is 4. The topological polar surface area (TPSA) is 48.0 Å². The molecule has 0 aliphatic carbocycles. The first-order chi connectivity index (χ1) is 12.7. The van der Waals surface area contributed by atoms with Gasteiger partial charge < -0.3 is 19.1 Å². The molecular formula is C18H17BrF3NO4. The summed E-state index contributed by atoms with van der Waals surface area (Å²) in [7, 11) is 4.37. The van der Waals surface area contributed by atoms with Gasteiger partial charge in [-0.15, -0.1) is 13.2 Å². The lowest BCUT2D eigenvalue weighted by molar-refractivity contribution is -0.275. The van der Waals surface area contributed by atoms with Crippen LogP contribution in [0.3, 0.4) is 0 Å². The number of hydrogen-bond donors (Lipinski definition) is 0. The number of halogens is 4. The summed E-state index contributed by atoms with van der Waals surface area (Å²) in [5.41, 5.74) is 0.491. The van der Waals surface area contributed by atoms with Crippen LogP contribution in [0, 0.1) is 0 Å². The maximum Gasteiger partial charge on any atom is 0.573 e. The quantitative estimate of drug-likeness (QED) is 0.647. The van der Waals surface area contributed by atoms with Crippen molar-refractivity contribution in [1.82, 2.24) is 4.90 Å². The van der Waals surface area contributed by atoms with E-state index in [0.717, 1.165) is 0 Å². The Labute approximate surface area is 162 Å². The summed E-state index contributed by atoms with van der Waals surface area (Å²) in [4.78, 5) is 14.0. The van der Waals surface area contributed by atoms with Gasteiger partial charge in [-0.05, 0) is 34.1 Å². The molecule has 2 aromatic rings. The minimum atomic E-state index is -4.81. The van der Waals surface area contributed by atoms with Crippen LogP contribution in [0.25, 0.3) is 0 Å². The van der Waals surface area contributed by atoms with E-state index < -0.39 is 12.3 Å². The van der Waals surface area contributed by atoms with Gasteiger partial charge in [-0.2, -0.15) is 0 Å². The minimum absolute atomic E-state index is 0.0776. The first-order valence-corrected chi connectivity index (χ1v) is 8.46. The molecule has 0 aromatic heterocycles. The van der Waals surface area contributed by atoms with Crippen LogP contribution in [0.15, 0.2) is 40.9 Å². The van der Waals surface area contributed by atoms with E-state index in [-0.39, 0.29) is 23.4 Å². The third-order valence-corrected chi connectivity index (χ3v) is 4.43.